The van der Waals surface area contributed by atoms with E-state index in [1.807, 2.05) is 30.5 Å². The first kappa shape index (κ1) is 22.7. The summed E-state index contributed by atoms with van der Waals surface area (Å²) in [6.45, 7) is 5.18. The Morgan fingerprint density at radius 2 is 1.91 bits per heavy atom. The maximum atomic E-state index is 12.9. The van der Waals surface area contributed by atoms with Crippen LogP contribution in [0.25, 0.3) is 10.8 Å². The van der Waals surface area contributed by atoms with Crippen LogP contribution in [0.1, 0.15) is 40.4 Å². The summed E-state index contributed by atoms with van der Waals surface area (Å²) in [7, 11) is -3.90. The summed E-state index contributed by atoms with van der Waals surface area (Å²) in [6.07, 6.45) is -0.816. The second-order valence-electron chi connectivity index (χ2n) is 7.42. The van der Waals surface area contributed by atoms with Crippen molar-refractivity contribution >= 4 is 33.0 Å². The summed E-state index contributed by atoms with van der Waals surface area (Å²) < 4.78 is 39.4. The molecule has 0 spiro atoms. The van der Waals surface area contributed by atoms with Crippen molar-refractivity contribution in [2.24, 2.45) is 0 Å². The number of aryl methyl sites for hydroxylation is 2. The van der Waals surface area contributed by atoms with Gasteiger partial charge < -0.3 is 9.15 Å². The lowest BCUT2D eigenvalue weighted by molar-refractivity contribution is 0.0278. The van der Waals surface area contributed by atoms with E-state index in [0.717, 1.165) is 10.4 Å². The van der Waals surface area contributed by atoms with Crippen LogP contribution in [0.3, 0.4) is 0 Å². The number of hydrogen-bond acceptors (Lipinski definition) is 8. The number of nitrogens with one attached hydrogen (secondary N) is 1. The summed E-state index contributed by atoms with van der Waals surface area (Å²) in [6, 6.07) is 15.0. The van der Waals surface area contributed by atoms with Gasteiger partial charge in [0.15, 0.2) is 6.10 Å². The maximum absolute atomic E-state index is 12.9. The summed E-state index contributed by atoms with van der Waals surface area (Å²) >= 11 is 1.45. The first-order valence-electron chi connectivity index (χ1n) is 10.0. The van der Waals surface area contributed by atoms with Gasteiger partial charge in [0.25, 0.3) is 21.8 Å². The third kappa shape index (κ3) is 5.12. The zero-order valence-electron chi connectivity index (χ0n) is 18.1. The summed E-state index contributed by atoms with van der Waals surface area (Å²) in [5.41, 5.74) is 2.06. The maximum Gasteiger partial charge on any atom is 0.339 e. The molecule has 1 atom stereocenters. The zero-order valence-corrected chi connectivity index (χ0v) is 19.7. The van der Waals surface area contributed by atoms with Crippen LogP contribution in [0.15, 0.2) is 69.3 Å². The van der Waals surface area contributed by atoms with Gasteiger partial charge in [0.1, 0.15) is 0 Å². The van der Waals surface area contributed by atoms with Crippen molar-refractivity contribution in [3.63, 3.8) is 0 Å². The van der Waals surface area contributed by atoms with Gasteiger partial charge in [0, 0.05) is 5.69 Å². The van der Waals surface area contributed by atoms with Crippen LogP contribution in [0, 0.1) is 13.8 Å². The Kier molecular flexibility index (Phi) is 6.30. The molecule has 2 aromatic heterocycles. The van der Waals surface area contributed by atoms with Crippen molar-refractivity contribution in [1.82, 2.24) is 10.2 Å². The van der Waals surface area contributed by atoms with Crippen LogP contribution in [0.2, 0.25) is 0 Å². The Balaban J connectivity index is 1.53. The second kappa shape index (κ2) is 9.16. The predicted octanol–water partition coefficient (Wildman–Crippen LogP) is 5.13. The van der Waals surface area contributed by atoms with Crippen molar-refractivity contribution in [3.05, 3.63) is 82.6 Å². The largest absolute Gasteiger partial charge is 0.449 e. The average Bonchev–Trinajstić information content (AvgIpc) is 3.45. The smallest absolute Gasteiger partial charge is 0.339 e. The van der Waals surface area contributed by atoms with Gasteiger partial charge in [0.2, 0.25) is 0 Å². The van der Waals surface area contributed by atoms with E-state index in [1.165, 1.54) is 23.5 Å². The number of hydrogen-bond donors (Lipinski definition) is 1. The number of rotatable bonds is 7. The Hall–Kier alpha value is -3.50. The highest BCUT2D eigenvalue weighted by atomic mass is 32.2. The molecule has 1 N–H and O–H groups in total. The molecule has 0 aliphatic heterocycles. The lowest BCUT2D eigenvalue weighted by Gasteiger charge is -2.13. The fraction of sp³-hybridized carbons (Fsp3) is 0.174. The zero-order chi connectivity index (χ0) is 23.6. The number of sulfonamides is 1. The minimum Gasteiger partial charge on any atom is -0.449 e. The molecule has 33 heavy (non-hydrogen) atoms. The van der Waals surface area contributed by atoms with Gasteiger partial charge in [-0.2, -0.15) is 0 Å². The number of ether oxygens (including phenoxy) is 1. The number of anilines is 1. The normalized spacial score (nSPS) is 12.3. The number of thiophene rings is 1. The Bertz CT molecular complexity index is 1400. The van der Waals surface area contributed by atoms with Crippen molar-refractivity contribution in [2.75, 3.05) is 4.72 Å². The van der Waals surface area contributed by atoms with E-state index in [4.69, 9.17) is 9.15 Å². The van der Waals surface area contributed by atoms with Crippen LogP contribution in [-0.4, -0.2) is 24.6 Å². The minimum atomic E-state index is -3.90. The molecule has 4 rings (SSSR count). The second-order valence-corrected chi connectivity index (χ2v) is 10.1. The highest BCUT2D eigenvalue weighted by Gasteiger charge is 2.23. The first-order chi connectivity index (χ1) is 15.7. The molecular weight excluding hydrogens is 462 g/mol. The lowest BCUT2D eigenvalue weighted by Crippen LogP contribution is -2.16. The summed E-state index contributed by atoms with van der Waals surface area (Å²) in [4.78, 5) is 13.6. The number of aromatic nitrogens is 2. The van der Waals surface area contributed by atoms with Gasteiger partial charge in [-0.25, -0.2) is 13.2 Å². The molecule has 0 bridgehead atoms. The Labute approximate surface area is 195 Å². The number of benzene rings is 2. The monoisotopic (exact) mass is 483 g/mol. The van der Waals surface area contributed by atoms with Crippen molar-refractivity contribution in [2.45, 2.75) is 31.8 Å². The third-order valence-corrected chi connectivity index (χ3v) is 7.05. The molecule has 2 heterocycles. The quantitative estimate of drug-likeness (QED) is 0.363. The molecule has 170 valence electrons. The van der Waals surface area contributed by atoms with Gasteiger partial charge >= 0.3 is 5.97 Å². The molecule has 10 heteroatoms. The number of carbonyl (C=O) groups is 1. The fourth-order valence-electron chi connectivity index (χ4n) is 3.08. The molecule has 8 nitrogen and oxygen atoms in total. The van der Waals surface area contributed by atoms with Crippen LogP contribution in [0.5, 0.6) is 0 Å². The highest BCUT2D eigenvalue weighted by Crippen LogP contribution is 2.27. The SMILES string of the molecule is Cc1cccc(NS(=O)(=O)c2ccc(C)c(C(=O)OC(C)c3nnc(-c4cccs4)o3)c2)c1. The molecule has 0 radical (unpaired) electrons. The van der Waals surface area contributed by atoms with Crippen LogP contribution >= 0.6 is 11.3 Å². The first-order valence-corrected chi connectivity index (χ1v) is 12.4. The van der Waals surface area contributed by atoms with Gasteiger partial charge in [-0.1, -0.05) is 24.3 Å². The predicted molar refractivity (Wildman–Crippen MR) is 125 cm³/mol. The van der Waals surface area contributed by atoms with E-state index in [1.54, 1.807) is 38.1 Å². The lowest BCUT2D eigenvalue weighted by atomic mass is 10.1. The fourth-order valence-corrected chi connectivity index (χ4v) is 4.80. The van der Waals surface area contributed by atoms with Crippen LogP contribution in [0.4, 0.5) is 5.69 Å². The Morgan fingerprint density at radius 1 is 1.09 bits per heavy atom. The van der Waals surface area contributed by atoms with Crippen molar-refractivity contribution in [3.8, 4) is 10.8 Å². The number of nitrogens with zero attached hydrogens (tertiary/aromatic N) is 2. The summed E-state index contributed by atoms with van der Waals surface area (Å²) in [5, 5.41) is 9.83. The molecule has 1 unspecified atom stereocenters. The molecule has 4 aromatic rings. The van der Waals surface area contributed by atoms with Gasteiger partial charge in [-0.3, -0.25) is 4.72 Å². The van der Waals surface area contributed by atoms with E-state index >= 15 is 0 Å². The molecule has 0 aliphatic rings. The van der Waals surface area contributed by atoms with E-state index in [0.29, 0.717) is 17.1 Å². The van der Waals surface area contributed by atoms with Gasteiger partial charge in [0.05, 0.1) is 15.3 Å². The van der Waals surface area contributed by atoms with Crippen molar-refractivity contribution in [1.29, 1.82) is 0 Å². The topological polar surface area (TPSA) is 111 Å². The highest BCUT2D eigenvalue weighted by molar-refractivity contribution is 7.92. The standard InChI is InChI=1S/C23H21N3O5S2/c1-14-6-4-7-17(12-14)26-33(28,29)18-10-9-15(2)19(13-18)23(27)30-16(3)21-24-25-22(31-21)20-8-5-11-32-20/h4-13,16,26H,1-3H3. The van der Waals surface area contributed by atoms with Crippen molar-refractivity contribution < 1.29 is 22.4 Å². The minimum absolute atomic E-state index is 0.0491. The Morgan fingerprint density at radius 3 is 2.64 bits per heavy atom. The van der Waals surface area contributed by atoms with Gasteiger partial charge in [-0.15, -0.1) is 21.5 Å². The molecule has 0 amide bonds. The third-order valence-electron chi connectivity index (χ3n) is 4.81. The number of carbonyl (C=O) groups excluding carboxylic acids is 1. The van der Waals surface area contributed by atoms with E-state index in [9.17, 15) is 13.2 Å². The molecule has 0 saturated heterocycles. The molecule has 0 fully saturated rings. The summed E-state index contributed by atoms with van der Waals surface area (Å²) in [5.74, 6) is -0.202. The van der Waals surface area contributed by atoms with Gasteiger partial charge in [-0.05, 0) is 67.6 Å². The molecular formula is C23H21N3O5S2. The molecule has 2 aromatic carbocycles. The number of esters is 1. The average molecular weight is 484 g/mol. The van der Waals surface area contributed by atoms with E-state index < -0.39 is 22.1 Å². The van der Waals surface area contributed by atoms with Crippen LogP contribution in [-0.2, 0) is 14.8 Å². The van der Waals surface area contributed by atoms with E-state index in [2.05, 4.69) is 14.9 Å². The molecule has 0 aliphatic carbocycles. The van der Waals surface area contributed by atoms with E-state index in [-0.39, 0.29) is 16.3 Å². The van der Waals surface area contributed by atoms with Crippen LogP contribution < -0.4 is 4.72 Å². The molecule has 0 saturated carbocycles.